The minimum atomic E-state index is 0.148. The highest BCUT2D eigenvalue weighted by Gasteiger charge is 2.29. The molecule has 0 aromatic carbocycles. The summed E-state index contributed by atoms with van der Waals surface area (Å²) in [5.74, 6) is 1.73. The molecule has 1 aliphatic heterocycles. The van der Waals surface area contributed by atoms with Crippen LogP contribution in [0.2, 0.25) is 0 Å². The zero-order valence-corrected chi connectivity index (χ0v) is 12.4. The maximum atomic E-state index is 4.50. The lowest BCUT2D eigenvalue weighted by Gasteiger charge is -2.35. The lowest BCUT2D eigenvalue weighted by atomic mass is 10.0. The molecule has 3 aromatic rings. The van der Waals surface area contributed by atoms with Gasteiger partial charge in [0.2, 0.25) is 0 Å². The van der Waals surface area contributed by atoms with Crippen LogP contribution in [0.25, 0.3) is 11.2 Å². The maximum absolute atomic E-state index is 4.50. The van der Waals surface area contributed by atoms with Crippen molar-refractivity contribution in [3.63, 3.8) is 0 Å². The van der Waals surface area contributed by atoms with Crippen molar-refractivity contribution in [3.05, 3.63) is 36.9 Å². The molecule has 112 valence electrons. The summed E-state index contributed by atoms with van der Waals surface area (Å²) in [6, 6.07) is 1.99. The van der Waals surface area contributed by atoms with Gasteiger partial charge in [-0.15, -0.1) is 0 Å². The van der Waals surface area contributed by atoms with Crippen molar-refractivity contribution in [1.82, 2.24) is 29.5 Å². The van der Waals surface area contributed by atoms with Gasteiger partial charge in [-0.1, -0.05) is 0 Å². The molecule has 7 heteroatoms. The standard InChI is InChI=1S/C15H17N7/c1-21-10-20-12-14(21)18-9-19-15(12)22-8-3-2-5-11(22)13-16-6-4-7-17-13/h4,6-7,9-11H,2-3,5,8H2,1H3. The smallest absolute Gasteiger partial charge is 0.165 e. The molecule has 1 saturated heterocycles. The molecule has 0 spiro atoms. The second-order valence-corrected chi connectivity index (χ2v) is 5.54. The van der Waals surface area contributed by atoms with Gasteiger partial charge in [-0.25, -0.2) is 24.9 Å². The Morgan fingerprint density at radius 3 is 2.77 bits per heavy atom. The van der Waals surface area contributed by atoms with E-state index < -0.39 is 0 Å². The zero-order chi connectivity index (χ0) is 14.9. The van der Waals surface area contributed by atoms with Crippen LogP contribution in [0.15, 0.2) is 31.1 Å². The first-order valence-corrected chi connectivity index (χ1v) is 7.50. The number of hydrogen-bond acceptors (Lipinski definition) is 6. The topological polar surface area (TPSA) is 72.6 Å². The average molecular weight is 295 g/mol. The Morgan fingerprint density at radius 1 is 1.05 bits per heavy atom. The molecule has 0 amide bonds. The highest BCUT2D eigenvalue weighted by atomic mass is 15.3. The van der Waals surface area contributed by atoms with Gasteiger partial charge in [0, 0.05) is 26.0 Å². The lowest BCUT2D eigenvalue weighted by Crippen LogP contribution is -2.35. The Morgan fingerprint density at radius 2 is 1.91 bits per heavy atom. The molecule has 1 fully saturated rings. The van der Waals surface area contributed by atoms with Crippen molar-refractivity contribution in [2.75, 3.05) is 11.4 Å². The Kier molecular flexibility index (Phi) is 3.17. The van der Waals surface area contributed by atoms with Crippen LogP contribution in [0.4, 0.5) is 5.82 Å². The summed E-state index contributed by atoms with van der Waals surface area (Å²) >= 11 is 0. The molecule has 0 N–H and O–H groups in total. The first-order chi connectivity index (χ1) is 10.8. The molecule has 1 aliphatic rings. The number of piperidine rings is 1. The van der Waals surface area contributed by atoms with Crippen LogP contribution < -0.4 is 4.90 Å². The number of imidazole rings is 1. The lowest BCUT2D eigenvalue weighted by molar-refractivity contribution is 0.453. The highest BCUT2D eigenvalue weighted by molar-refractivity contribution is 5.83. The fourth-order valence-corrected chi connectivity index (χ4v) is 3.08. The van der Waals surface area contributed by atoms with Gasteiger partial charge >= 0.3 is 0 Å². The van der Waals surface area contributed by atoms with Crippen molar-refractivity contribution in [3.8, 4) is 0 Å². The largest absolute Gasteiger partial charge is 0.344 e. The van der Waals surface area contributed by atoms with Crippen LogP contribution in [-0.2, 0) is 7.05 Å². The summed E-state index contributed by atoms with van der Waals surface area (Å²) in [5.41, 5.74) is 1.69. The highest BCUT2D eigenvalue weighted by Crippen LogP contribution is 2.34. The Labute approximate surface area is 128 Å². The van der Waals surface area contributed by atoms with Crippen LogP contribution >= 0.6 is 0 Å². The second kappa shape index (κ2) is 5.32. The summed E-state index contributed by atoms with van der Waals surface area (Å²) in [7, 11) is 1.94. The van der Waals surface area contributed by atoms with Gasteiger partial charge in [0.05, 0.1) is 12.4 Å². The molecule has 1 atom stereocenters. The van der Waals surface area contributed by atoms with E-state index in [0.717, 1.165) is 42.2 Å². The minimum Gasteiger partial charge on any atom is -0.344 e. The van der Waals surface area contributed by atoms with E-state index in [0.29, 0.717) is 0 Å². The van der Waals surface area contributed by atoms with E-state index in [1.54, 1.807) is 25.0 Å². The van der Waals surface area contributed by atoms with Crippen LogP contribution in [0, 0.1) is 0 Å². The zero-order valence-electron chi connectivity index (χ0n) is 12.4. The third kappa shape index (κ3) is 2.09. The van der Waals surface area contributed by atoms with E-state index in [1.807, 2.05) is 17.7 Å². The number of aryl methyl sites for hydroxylation is 1. The molecule has 0 bridgehead atoms. The molecule has 0 radical (unpaired) electrons. The molecular weight excluding hydrogens is 278 g/mol. The van der Waals surface area contributed by atoms with Crippen molar-refractivity contribution >= 4 is 17.0 Å². The average Bonchev–Trinajstić information content (AvgIpc) is 2.97. The maximum Gasteiger partial charge on any atom is 0.165 e. The van der Waals surface area contributed by atoms with Gasteiger partial charge in [-0.2, -0.15) is 0 Å². The third-order valence-electron chi connectivity index (χ3n) is 4.14. The van der Waals surface area contributed by atoms with Crippen molar-refractivity contribution in [2.24, 2.45) is 7.05 Å². The molecule has 3 aromatic heterocycles. The molecule has 0 aliphatic carbocycles. The SMILES string of the molecule is Cn1cnc2c(N3CCCCC3c3ncccn3)ncnc21. The fourth-order valence-electron chi connectivity index (χ4n) is 3.08. The van der Waals surface area contributed by atoms with E-state index in [2.05, 4.69) is 29.8 Å². The van der Waals surface area contributed by atoms with Gasteiger partial charge < -0.3 is 9.47 Å². The van der Waals surface area contributed by atoms with E-state index >= 15 is 0 Å². The monoisotopic (exact) mass is 295 g/mol. The van der Waals surface area contributed by atoms with Gasteiger partial charge in [-0.3, -0.25) is 0 Å². The summed E-state index contributed by atoms with van der Waals surface area (Å²) in [6.45, 7) is 0.936. The molecule has 1 unspecified atom stereocenters. The summed E-state index contributed by atoms with van der Waals surface area (Å²) in [6.07, 6.45) is 10.3. The van der Waals surface area contributed by atoms with E-state index in [-0.39, 0.29) is 6.04 Å². The number of rotatable bonds is 2. The van der Waals surface area contributed by atoms with Gasteiger partial charge in [-0.05, 0) is 25.3 Å². The fraction of sp³-hybridized carbons (Fsp3) is 0.400. The number of hydrogen-bond donors (Lipinski definition) is 0. The Hall–Kier alpha value is -2.57. The van der Waals surface area contributed by atoms with Crippen molar-refractivity contribution in [2.45, 2.75) is 25.3 Å². The van der Waals surface area contributed by atoms with Gasteiger partial charge in [0.1, 0.15) is 6.33 Å². The normalized spacial score (nSPS) is 18.8. The quantitative estimate of drug-likeness (QED) is 0.719. The molecule has 7 nitrogen and oxygen atoms in total. The van der Waals surface area contributed by atoms with Crippen molar-refractivity contribution in [1.29, 1.82) is 0 Å². The number of fused-ring (bicyclic) bond motifs is 1. The van der Waals surface area contributed by atoms with Crippen LogP contribution in [-0.4, -0.2) is 36.0 Å². The Balaban J connectivity index is 1.81. The number of anilines is 1. The molecule has 22 heavy (non-hydrogen) atoms. The predicted molar refractivity (Wildman–Crippen MR) is 82.3 cm³/mol. The van der Waals surface area contributed by atoms with Crippen LogP contribution in [0.5, 0.6) is 0 Å². The van der Waals surface area contributed by atoms with Crippen LogP contribution in [0.3, 0.4) is 0 Å². The van der Waals surface area contributed by atoms with E-state index in [1.165, 1.54) is 6.42 Å². The molecular formula is C15H17N7. The third-order valence-corrected chi connectivity index (χ3v) is 4.14. The number of aromatic nitrogens is 6. The summed E-state index contributed by atoms with van der Waals surface area (Å²) in [4.78, 5) is 24.5. The predicted octanol–water partition coefficient (Wildman–Crippen LogP) is 1.88. The molecule has 0 saturated carbocycles. The minimum absolute atomic E-state index is 0.148. The van der Waals surface area contributed by atoms with E-state index in [4.69, 9.17) is 0 Å². The van der Waals surface area contributed by atoms with Gasteiger partial charge in [0.15, 0.2) is 22.8 Å². The second-order valence-electron chi connectivity index (χ2n) is 5.54. The molecule has 4 heterocycles. The first-order valence-electron chi connectivity index (χ1n) is 7.50. The summed E-state index contributed by atoms with van der Waals surface area (Å²) < 4.78 is 1.92. The first kappa shape index (κ1) is 13.1. The Bertz CT molecular complexity index is 783. The van der Waals surface area contributed by atoms with Crippen LogP contribution in [0.1, 0.15) is 31.1 Å². The number of nitrogens with zero attached hydrogens (tertiary/aromatic N) is 7. The van der Waals surface area contributed by atoms with Gasteiger partial charge in [0.25, 0.3) is 0 Å². The molecule has 4 rings (SSSR count). The van der Waals surface area contributed by atoms with E-state index in [9.17, 15) is 0 Å². The summed E-state index contributed by atoms with van der Waals surface area (Å²) in [5, 5.41) is 0. The van der Waals surface area contributed by atoms with Crippen molar-refractivity contribution < 1.29 is 0 Å².